The molecule has 1 fully saturated rings. The summed E-state index contributed by atoms with van der Waals surface area (Å²) in [5, 5.41) is 9.58. The number of halogens is 3. The molecule has 0 N–H and O–H groups in total. The van der Waals surface area contributed by atoms with Gasteiger partial charge >= 0.3 is 0 Å². The molecule has 1 saturated carbocycles. The third-order valence-electron chi connectivity index (χ3n) is 6.33. The minimum absolute atomic E-state index is 0.150. The Labute approximate surface area is 207 Å². The van der Waals surface area contributed by atoms with Crippen LogP contribution in [-0.4, -0.2) is 43.5 Å². The highest BCUT2D eigenvalue weighted by Gasteiger charge is 2.29. The van der Waals surface area contributed by atoms with E-state index in [0.29, 0.717) is 45.7 Å². The summed E-state index contributed by atoms with van der Waals surface area (Å²) in [4.78, 5) is 11.5. The Bertz CT molecular complexity index is 1360. The largest absolute Gasteiger partial charge is 0.378 e. The first kappa shape index (κ1) is 23.7. The Morgan fingerprint density at radius 3 is 2.57 bits per heavy atom. The van der Waals surface area contributed by atoms with Gasteiger partial charge < -0.3 is 4.90 Å². The summed E-state index contributed by atoms with van der Waals surface area (Å²) in [5.74, 6) is 1.27. The van der Waals surface area contributed by atoms with Gasteiger partial charge in [-0.25, -0.2) is 27.9 Å². The lowest BCUT2D eigenvalue weighted by Gasteiger charge is -2.13. The van der Waals surface area contributed by atoms with E-state index in [1.165, 1.54) is 10.6 Å². The van der Waals surface area contributed by atoms with Crippen molar-refractivity contribution < 1.29 is 8.78 Å². The summed E-state index contributed by atoms with van der Waals surface area (Å²) in [6.45, 7) is 2.78. The van der Waals surface area contributed by atoms with Crippen LogP contribution in [0.3, 0.4) is 0 Å². The third-order valence-corrected chi connectivity index (χ3v) is 6.65. The summed E-state index contributed by atoms with van der Waals surface area (Å²) >= 11 is 6.61. The smallest absolute Gasteiger partial charge is 0.280 e. The number of aryl methyl sites for hydroxylation is 1. The molecule has 0 unspecified atom stereocenters. The summed E-state index contributed by atoms with van der Waals surface area (Å²) in [5.41, 5.74) is 3.20. The number of aromatic nitrogens is 6. The molecule has 1 aliphatic carbocycles. The van der Waals surface area contributed by atoms with Crippen molar-refractivity contribution in [1.29, 1.82) is 0 Å². The molecule has 5 rings (SSSR count). The highest BCUT2D eigenvalue weighted by atomic mass is 35.5. The molecule has 3 aromatic heterocycles. The van der Waals surface area contributed by atoms with Crippen LogP contribution >= 0.6 is 11.6 Å². The Kier molecular flexibility index (Phi) is 6.44. The second-order valence-corrected chi connectivity index (χ2v) is 9.63. The molecule has 0 spiro atoms. The van der Waals surface area contributed by atoms with Gasteiger partial charge in [-0.05, 0) is 43.5 Å². The van der Waals surface area contributed by atoms with Crippen LogP contribution in [0.4, 0.5) is 14.5 Å². The topological polar surface area (TPSA) is 64.1 Å². The van der Waals surface area contributed by atoms with E-state index in [0.717, 1.165) is 37.8 Å². The lowest BCUT2D eigenvalue weighted by atomic mass is 10.2. The van der Waals surface area contributed by atoms with E-state index >= 15 is 0 Å². The van der Waals surface area contributed by atoms with Crippen molar-refractivity contribution in [3.05, 3.63) is 46.9 Å². The van der Waals surface area contributed by atoms with E-state index < -0.39 is 6.43 Å². The van der Waals surface area contributed by atoms with E-state index in [1.807, 2.05) is 41.9 Å². The molecular weight excluding hydrogens is 472 g/mol. The second kappa shape index (κ2) is 9.53. The number of hydrogen-bond donors (Lipinski definition) is 0. The van der Waals surface area contributed by atoms with Crippen molar-refractivity contribution in [2.45, 2.75) is 57.9 Å². The van der Waals surface area contributed by atoms with Crippen molar-refractivity contribution in [3.63, 3.8) is 0 Å². The molecule has 10 heteroatoms. The van der Waals surface area contributed by atoms with Crippen LogP contribution in [0.25, 0.3) is 28.4 Å². The monoisotopic (exact) mass is 499 g/mol. The molecule has 7 nitrogen and oxygen atoms in total. The van der Waals surface area contributed by atoms with Gasteiger partial charge in [0.05, 0.1) is 16.8 Å². The average molecular weight is 500 g/mol. The Hall–Kier alpha value is -3.07. The van der Waals surface area contributed by atoms with Gasteiger partial charge in [0.1, 0.15) is 5.69 Å². The number of unbranched alkanes of at least 4 members (excludes halogenated alkanes) is 2. The number of fused-ring (bicyclic) bond motifs is 1. The molecule has 0 saturated heterocycles. The van der Waals surface area contributed by atoms with Gasteiger partial charge in [-0.1, -0.05) is 31.4 Å². The van der Waals surface area contributed by atoms with Gasteiger partial charge in [-0.3, -0.25) is 0 Å². The van der Waals surface area contributed by atoms with Crippen molar-refractivity contribution in [2.24, 2.45) is 0 Å². The Morgan fingerprint density at radius 1 is 1.11 bits per heavy atom. The minimum atomic E-state index is -2.65. The van der Waals surface area contributed by atoms with Crippen molar-refractivity contribution in [3.8, 4) is 22.8 Å². The number of alkyl halides is 2. The van der Waals surface area contributed by atoms with Crippen LogP contribution < -0.4 is 4.90 Å². The predicted molar refractivity (Wildman–Crippen MR) is 133 cm³/mol. The molecule has 3 heterocycles. The lowest BCUT2D eigenvalue weighted by molar-refractivity contribution is 0.143. The quantitative estimate of drug-likeness (QED) is 0.250. The predicted octanol–water partition coefficient (Wildman–Crippen LogP) is 6.38. The normalized spacial score (nSPS) is 13.8. The first-order valence-corrected chi connectivity index (χ1v) is 12.3. The van der Waals surface area contributed by atoms with Gasteiger partial charge in [0, 0.05) is 43.5 Å². The maximum atomic E-state index is 13.9. The second-order valence-electron chi connectivity index (χ2n) is 9.22. The number of rotatable bonds is 9. The molecule has 0 bridgehead atoms. The summed E-state index contributed by atoms with van der Waals surface area (Å²) < 4.78 is 30.8. The van der Waals surface area contributed by atoms with E-state index in [4.69, 9.17) is 26.7 Å². The zero-order chi connectivity index (χ0) is 24.7. The summed E-state index contributed by atoms with van der Waals surface area (Å²) in [6.07, 6.45) is 3.87. The van der Waals surface area contributed by atoms with Gasteiger partial charge in [0.15, 0.2) is 17.3 Å². The first-order chi connectivity index (χ1) is 16.9. The van der Waals surface area contributed by atoms with Gasteiger partial charge in [0.2, 0.25) is 0 Å². The van der Waals surface area contributed by atoms with Crippen molar-refractivity contribution in [2.75, 3.05) is 19.0 Å². The summed E-state index contributed by atoms with van der Waals surface area (Å²) in [6, 6.07) is 7.23. The SMILES string of the molecule is CCCCCn1nc(-c2ccc(N(C)C)cc2Cl)nc1-c1cnn2c(C(F)F)cc(C3CC3)nc12. The molecule has 0 amide bonds. The molecule has 35 heavy (non-hydrogen) atoms. The van der Waals surface area contributed by atoms with Crippen LogP contribution in [0.15, 0.2) is 30.5 Å². The molecule has 184 valence electrons. The molecule has 1 aromatic carbocycles. The summed E-state index contributed by atoms with van der Waals surface area (Å²) in [7, 11) is 3.90. The van der Waals surface area contributed by atoms with E-state index in [-0.39, 0.29) is 11.6 Å². The number of hydrogen-bond acceptors (Lipinski definition) is 5. The molecule has 4 aromatic rings. The lowest BCUT2D eigenvalue weighted by Crippen LogP contribution is -2.08. The fourth-order valence-electron chi connectivity index (χ4n) is 4.19. The first-order valence-electron chi connectivity index (χ1n) is 12.0. The van der Waals surface area contributed by atoms with Crippen LogP contribution in [0.5, 0.6) is 0 Å². The third kappa shape index (κ3) is 4.61. The van der Waals surface area contributed by atoms with Crippen LogP contribution in [0.2, 0.25) is 5.02 Å². The van der Waals surface area contributed by atoms with Crippen LogP contribution in [0, 0.1) is 0 Å². The fourth-order valence-corrected chi connectivity index (χ4v) is 4.45. The van der Waals surface area contributed by atoms with E-state index in [9.17, 15) is 8.78 Å². The maximum Gasteiger partial charge on any atom is 0.280 e. The zero-order valence-corrected chi connectivity index (χ0v) is 20.8. The highest BCUT2D eigenvalue weighted by molar-refractivity contribution is 6.33. The fraction of sp³-hybridized carbons (Fsp3) is 0.440. The molecule has 0 atom stereocenters. The van der Waals surface area contributed by atoms with Crippen molar-refractivity contribution >= 4 is 22.9 Å². The molecule has 1 aliphatic rings. The molecule has 0 aliphatic heterocycles. The van der Waals surface area contributed by atoms with E-state index in [2.05, 4.69) is 12.0 Å². The van der Waals surface area contributed by atoms with Crippen LogP contribution in [0.1, 0.15) is 62.8 Å². The highest BCUT2D eigenvalue weighted by Crippen LogP contribution is 2.41. The van der Waals surface area contributed by atoms with Gasteiger partial charge in [-0.2, -0.15) is 10.2 Å². The number of nitrogens with zero attached hydrogens (tertiary/aromatic N) is 7. The zero-order valence-electron chi connectivity index (χ0n) is 20.0. The molecule has 0 radical (unpaired) electrons. The van der Waals surface area contributed by atoms with Gasteiger partial charge in [0.25, 0.3) is 6.43 Å². The number of benzene rings is 1. The standard InChI is InChI=1S/C25H28ClF2N7/c1-4-5-6-11-34-24(31-23(32-34)17-10-9-16(33(2)3)12-19(17)26)18-14-29-35-21(22(27)28)13-20(15-7-8-15)30-25(18)35/h9-10,12-15,22H,4-8,11H2,1-3H3. The average Bonchev–Trinajstić information content (AvgIpc) is 3.47. The van der Waals surface area contributed by atoms with Crippen molar-refractivity contribution in [1.82, 2.24) is 29.4 Å². The Balaban J connectivity index is 1.64. The molecular formula is C25H28ClF2N7. The minimum Gasteiger partial charge on any atom is -0.378 e. The van der Waals surface area contributed by atoms with Gasteiger partial charge in [-0.15, -0.1) is 0 Å². The van der Waals surface area contributed by atoms with E-state index in [1.54, 1.807) is 6.20 Å². The van der Waals surface area contributed by atoms with Crippen LogP contribution in [-0.2, 0) is 6.54 Å². The Morgan fingerprint density at radius 2 is 1.91 bits per heavy atom. The number of anilines is 1. The maximum absolute atomic E-state index is 13.9.